The molecule has 30 heavy (non-hydrogen) atoms. The van der Waals surface area contributed by atoms with Crippen LogP contribution in [0.5, 0.6) is 11.5 Å². The molecule has 2 rings (SSSR count). The number of ether oxygens (including phenoxy) is 3. The number of benzene rings is 2. The largest absolute Gasteiger partial charge is 0.493 e. The first kappa shape index (κ1) is 23.0. The van der Waals surface area contributed by atoms with Gasteiger partial charge in [0.15, 0.2) is 11.5 Å². The molecule has 0 saturated heterocycles. The van der Waals surface area contributed by atoms with Crippen molar-refractivity contribution in [2.45, 2.75) is 13.0 Å². The standard InChI is InChI=1S/C20H24N2O7S/c1-13(19(23)21-15-8-6-14(7-9-15)20(24)29-4)22(30(5,25)26)16-10-11-17(27-2)18(12-16)28-3/h6-13H,1-5H3,(H,21,23)/t13-/m1/s1. The van der Waals surface area contributed by atoms with Crippen LogP contribution in [0.25, 0.3) is 0 Å². The van der Waals surface area contributed by atoms with Crippen molar-refractivity contribution in [3.63, 3.8) is 0 Å². The highest BCUT2D eigenvalue weighted by molar-refractivity contribution is 7.92. The first-order valence-corrected chi connectivity index (χ1v) is 10.7. The number of sulfonamides is 1. The van der Waals surface area contributed by atoms with E-state index in [1.165, 1.54) is 64.7 Å². The van der Waals surface area contributed by atoms with E-state index >= 15 is 0 Å². The van der Waals surface area contributed by atoms with Gasteiger partial charge in [0, 0.05) is 11.8 Å². The number of carbonyl (C=O) groups excluding carboxylic acids is 2. The molecule has 162 valence electrons. The summed E-state index contributed by atoms with van der Waals surface area (Å²) in [4.78, 5) is 24.3. The summed E-state index contributed by atoms with van der Waals surface area (Å²) in [7, 11) is 0.363. The van der Waals surface area contributed by atoms with Crippen LogP contribution in [0.2, 0.25) is 0 Å². The van der Waals surface area contributed by atoms with Crippen molar-refractivity contribution in [1.82, 2.24) is 0 Å². The van der Waals surface area contributed by atoms with Crippen molar-refractivity contribution >= 4 is 33.3 Å². The van der Waals surface area contributed by atoms with Crippen LogP contribution < -0.4 is 19.1 Å². The van der Waals surface area contributed by atoms with E-state index in [4.69, 9.17) is 9.47 Å². The summed E-state index contributed by atoms with van der Waals surface area (Å²) in [6.07, 6.45) is 1.01. The van der Waals surface area contributed by atoms with E-state index in [0.29, 0.717) is 22.7 Å². The SMILES string of the molecule is COC(=O)c1ccc(NC(=O)[C@@H](C)N(c2ccc(OC)c(OC)c2)S(C)(=O)=O)cc1. The second-order valence-corrected chi connectivity index (χ2v) is 8.19. The molecule has 0 saturated carbocycles. The zero-order valence-corrected chi connectivity index (χ0v) is 18.1. The minimum absolute atomic E-state index is 0.249. The molecule has 0 aliphatic rings. The fourth-order valence-corrected chi connectivity index (χ4v) is 3.99. The van der Waals surface area contributed by atoms with Gasteiger partial charge in [0.25, 0.3) is 0 Å². The Hall–Kier alpha value is -3.27. The molecular weight excluding hydrogens is 412 g/mol. The number of nitrogens with zero attached hydrogens (tertiary/aromatic N) is 1. The quantitative estimate of drug-likeness (QED) is 0.632. The summed E-state index contributed by atoms with van der Waals surface area (Å²) in [5.74, 6) is -0.300. The van der Waals surface area contributed by atoms with Crippen LogP contribution in [0.1, 0.15) is 17.3 Å². The van der Waals surface area contributed by atoms with Crippen LogP contribution in [-0.4, -0.2) is 53.9 Å². The Bertz CT molecular complexity index is 1020. The summed E-state index contributed by atoms with van der Waals surface area (Å²) in [5.41, 5.74) is 0.978. The fourth-order valence-electron chi connectivity index (χ4n) is 2.82. The third-order valence-corrected chi connectivity index (χ3v) is 5.53. The molecule has 10 heteroatoms. The molecule has 0 spiro atoms. The lowest BCUT2D eigenvalue weighted by atomic mass is 10.2. The highest BCUT2D eigenvalue weighted by Gasteiger charge is 2.30. The van der Waals surface area contributed by atoms with Gasteiger partial charge in [0.2, 0.25) is 15.9 Å². The topological polar surface area (TPSA) is 111 Å². The number of nitrogens with one attached hydrogen (secondary N) is 1. The van der Waals surface area contributed by atoms with Crippen LogP contribution in [0.4, 0.5) is 11.4 Å². The van der Waals surface area contributed by atoms with Crippen molar-refractivity contribution in [3.8, 4) is 11.5 Å². The molecule has 1 amide bonds. The van der Waals surface area contributed by atoms with Gasteiger partial charge in [0.05, 0.1) is 38.8 Å². The highest BCUT2D eigenvalue weighted by Crippen LogP contribution is 2.33. The van der Waals surface area contributed by atoms with Crippen LogP contribution in [0, 0.1) is 0 Å². The third-order valence-electron chi connectivity index (χ3n) is 4.28. The Morgan fingerprint density at radius 2 is 1.57 bits per heavy atom. The lowest BCUT2D eigenvalue weighted by Crippen LogP contribution is -2.45. The monoisotopic (exact) mass is 436 g/mol. The van der Waals surface area contributed by atoms with Gasteiger partial charge in [-0.15, -0.1) is 0 Å². The lowest BCUT2D eigenvalue weighted by Gasteiger charge is -2.28. The summed E-state index contributed by atoms with van der Waals surface area (Å²) in [6.45, 7) is 1.47. The summed E-state index contributed by atoms with van der Waals surface area (Å²) < 4.78 is 40.9. The molecule has 0 bridgehead atoms. The minimum atomic E-state index is -3.81. The second kappa shape index (κ2) is 9.49. The summed E-state index contributed by atoms with van der Waals surface area (Å²) >= 11 is 0. The maximum Gasteiger partial charge on any atom is 0.337 e. The Morgan fingerprint density at radius 3 is 2.07 bits per heavy atom. The maximum absolute atomic E-state index is 12.8. The maximum atomic E-state index is 12.8. The minimum Gasteiger partial charge on any atom is -0.493 e. The van der Waals surface area contributed by atoms with Crippen LogP contribution in [-0.2, 0) is 19.6 Å². The lowest BCUT2D eigenvalue weighted by molar-refractivity contribution is -0.116. The third kappa shape index (κ3) is 5.20. The zero-order chi connectivity index (χ0) is 22.5. The van der Waals surface area contributed by atoms with Crippen LogP contribution in [0.15, 0.2) is 42.5 Å². The highest BCUT2D eigenvalue weighted by atomic mass is 32.2. The van der Waals surface area contributed by atoms with Crippen molar-refractivity contribution < 1.29 is 32.2 Å². The first-order chi connectivity index (χ1) is 14.1. The summed E-state index contributed by atoms with van der Waals surface area (Å²) in [5, 5.41) is 2.65. The van der Waals surface area contributed by atoms with E-state index in [0.717, 1.165) is 10.6 Å². The van der Waals surface area contributed by atoms with E-state index in [-0.39, 0.29) is 5.69 Å². The number of amides is 1. The average Bonchev–Trinajstić information content (AvgIpc) is 2.72. The normalized spacial score (nSPS) is 11.9. The molecule has 2 aromatic rings. The predicted molar refractivity (Wildman–Crippen MR) is 113 cm³/mol. The molecular formula is C20H24N2O7S. The van der Waals surface area contributed by atoms with Gasteiger partial charge in [0.1, 0.15) is 6.04 Å². The van der Waals surface area contributed by atoms with E-state index in [2.05, 4.69) is 10.1 Å². The Kier molecular flexibility index (Phi) is 7.28. The molecule has 2 aromatic carbocycles. The first-order valence-electron chi connectivity index (χ1n) is 8.83. The number of carbonyl (C=O) groups is 2. The van der Waals surface area contributed by atoms with Gasteiger partial charge in [-0.3, -0.25) is 9.10 Å². The van der Waals surface area contributed by atoms with E-state index < -0.39 is 27.9 Å². The molecule has 0 aliphatic heterocycles. The Morgan fingerprint density at radius 1 is 0.967 bits per heavy atom. The van der Waals surface area contributed by atoms with Crippen LogP contribution in [0.3, 0.4) is 0 Å². The molecule has 1 N–H and O–H groups in total. The van der Waals surface area contributed by atoms with Crippen molar-refractivity contribution in [2.75, 3.05) is 37.2 Å². The number of rotatable bonds is 8. The Balaban J connectivity index is 2.30. The van der Waals surface area contributed by atoms with Crippen LogP contribution >= 0.6 is 0 Å². The molecule has 1 atom stereocenters. The van der Waals surface area contributed by atoms with Gasteiger partial charge in [-0.2, -0.15) is 0 Å². The van der Waals surface area contributed by atoms with Crippen molar-refractivity contribution in [3.05, 3.63) is 48.0 Å². The van der Waals surface area contributed by atoms with E-state index in [1.54, 1.807) is 6.07 Å². The molecule has 0 radical (unpaired) electrons. The van der Waals surface area contributed by atoms with Gasteiger partial charge in [-0.25, -0.2) is 13.2 Å². The van der Waals surface area contributed by atoms with Crippen molar-refractivity contribution in [2.24, 2.45) is 0 Å². The van der Waals surface area contributed by atoms with Crippen molar-refractivity contribution in [1.29, 1.82) is 0 Å². The van der Waals surface area contributed by atoms with E-state index in [9.17, 15) is 18.0 Å². The molecule has 9 nitrogen and oxygen atoms in total. The zero-order valence-electron chi connectivity index (χ0n) is 17.3. The fraction of sp³-hybridized carbons (Fsp3) is 0.300. The number of methoxy groups -OCH3 is 3. The number of esters is 1. The summed E-state index contributed by atoms with van der Waals surface area (Å²) in [6, 6.07) is 9.53. The van der Waals surface area contributed by atoms with E-state index in [1.807, 2.05) is 0 Å². The molecule has 0 heterocycles. The molecule has 0 aromatic heterocycles. The smallest absolute Gasteiger partial charge is 0.337 e. The van der Waals surface area contributed by atoms with Gasteiger partial charge >= 0.3 is 5.97 Å². The molecule has 0 aliphatic carbocycles. The number of hydrogen-bond acceptors (Lipinski definition) is 7. The number of hydrogen-bond donors (Lipinski definition) is 1. The molecule has 0 unspecified atom stereocenters. The number of anilines is 2. The molecule has 0 fully saturated rings. The predicted octanol–water partition coefficient (Wildman–Crippen LogP) is 2.28. The second-order valence-electron chi connectivity index (χ2n) is 6.33. The van der Waals surface area contributed by atoms with Gasteiger partial charge in [-0.05, 0) is 43.3 Å². The Labute approximate surface area is 175 Å². The van der Waals surface area contributed by atoms with Gasteiger partial charge < -0.3 is 19.5 Å². The average molecular weight is 436 g/mol. The van der Waals surface area contributed by atoms with Gasteiger partial charge in [-0.1, -0.05) is 0 Å².